The number of anilines is 1. The fourth-order valence-corrected chi connectivity index (χ4v) is 1.65. The van der Waals surface area contributed by atoms with Crippen LogP contribution in [-0.2, 0) is 14.3 Å². The molecule has 0 N–H and O–H groups in total. The van der Waals surface area contributed by atoms with Crippen LogP contribution in [0.2, 0.25) is 0 Å². The smallest absolute Gasteiger partial charge is 0.307 e. The van der Waals surface area contributed by atoms with Crippen molar-refractivity contribution in [2.75, 3.05) is 39.7 Å². The molecule has 0 aliphatic carbocycles. The Labute approximate surface area is 125 Å². The van der Waals surface area contributed by atoms with Gasteiger partial charge in [0.25, 0.3) is 0 Å². The highest BCUT2D eigenvalue weighted by Gasteiger charge is 2.07. The summed E-state index contributed by atoms with van der Waals surface area (Å²) in [6.07, 6.45) is 3.46. The summed E-state index contributed by atoms with van der Waals surface area (Å²) in [5, 5.41) is 0. The standard InChI is InChI=1S/C16H22N2O3/c1-17(2)14-8-5-13(6-9-14)7-10-15(19)18(3)12-11-16(20)21-4/h5-10H,11-12H2,1-4H3. The van der Waals surface area contributed by atoms with Crippen LogP contribution in [0, 0.1) is 0 Å². The van der Waals surface area contributed by atoms with E-state index >= 15 is 0 Å². The molecule has 0 fully saturated rings. The topological polar surface area (TPSA) is 49.9 Å². The van der Waals surface area contributed by atoms with Crippen molar-refractivity contribution < 1.29 is 14.3 Å². The lowest BCUT2D eigenvalue weighted by atomic mass is 10.2. The van der Waals surface area contributed by atoms with E-state index in [2.05, 4.69) is 4.74 Å². The largest absolute Gasteiger partial charge is 0.469 e. The first-order chi connectivity index (χ1) is 9.93. The van der Waals surface area contributed by atoms with Gasteiger partial charge in [0.15, 0.2) is 0 Å². The normalized spacial score (nSPS) is 10.5. The number of esters is 1. The van der Waals surface area contributed by atoms with E-state index in [0.29, 0.717) is 6.54 Å². The molecule has 0 aliphatic rings. The van der Waals surface area contributed by atoms with Crippen LogP contribution in [0.4, 0.5) is 5.69 Å². The predicted molar refractivity (Wildman–Crippen MR) is 84.1 cm³/mol. The second kappa shape index (κ2) is 8.09. The van der Waals surface area contributed by atoms with E-state index < -0.39 is 0 Å². The van der Waals surface area contributed by atoms with Gasteiger partial charge in [0, 0.05) is 39.5 Å². The maximum Gasteiger partial charge on any atom is 0.307 e. The van der Waals surface area contributed by atoms with Gasteiger partial charge in [-0.05, 0) is 23.8 Å². The van der Waals surface area contributed by atoms with E-state index in [9.17, 15) is 9.59 Å². The van der Waals surface area contributed by atoms with Crippen molar-refractivity contribution >= 4 is 23.6 Å². The number of nitrogens with zero attached hydrogens (tertiary/aromatic N) is 2. The molecule has 5 heteroatoms. The van der Waals surface area contributed by atoms with Crippen LogP contribution < -0.4 is 4.90 Å². The molecule has 114 valence electrons. The molecule has 0 saturated carbocycles. The van der Waals surface area contributed by atoms with Gasteiger partial charge in [-0.25, -0.2) is 0 Å². The number of amides is 1. The summed E-state index contributed by atoms with van der Waals surface area (Å²) in [5.74, 6) is -0.464. The third-order valence-electron chi connectivity index (χ3n) is 3.08. The molecule has 0 aromatic heterocycles. The molecule has 0 radical (unpaired) electrons. The highest BCUT2D eigenvalue weighted by molar-refractivity contribution is 5.91. The SMILES string of the molecule is COC(=O)CCN(C)C(=O)C=Cc1ccc(N(C)C)cc1. The van der Waals surface area contributed by atoms with Gasteiger partial charge >= 0.3 is 5.97 Å². The number of benzene rings is 1. The Kier molecular flexibility index (Phi) is 6.46. The molecule has 0 atom stereocenters. The van der Waals surface area contributed by atoms with Crippen molar-refractivity contribution in [2.24, 2.45) is 0 Å². The van der Waals surface area contributed by atoms with E-state index in [1.54, 1.807) is 13.1 Å². The second-order valence-electron chi connectivity index (χ2n) is 4.91. The number of likely N-dealkylation sites (N-methyl/N-ethyl adjacent to an activating group) is 1. The Morgan fingerprint density at radius 2 is 1.76 bits per heavy atom. The lowest BCUT2D eigenvalue weighted by molar-refractivity contribution is -0.141. The first kappa shape index (κ1) is 16.8. The molecular weight excluding hydrogens is 268 g/mol. The fourth-order valence-electron chi connectivity index (χ4n) is 1.65. The minimum Gasteiger partial charge on any atom is -0.469 e. The van der Waals surface area contributed by atoms with Gasteiger partial charge in [-0.3, -0.25) is 9.59 Å². The van der Waals surface area contributed by atoms with Gasteiger partial charge in [-0.15, -0.1) is 0 Å². The van der Waals surface area contributed by atoms with Crippen LogP contribution in [0.25, 0.3) is 6.08 Å². The van der Waals surface area contributed by atoms with Gasteiger partial charge in [0.1, 0.15) is 0 Å². The molecule has 1 rings (SSSR count). The van der Waals surface area contributed by atoms with Gasteiger partial charge < -0.3 is 14.5 Å². The number of methoxy groups -OCH3 is 1. The first-order valence-corrected chi connectivity index (χ1v) is 6.71. The molecule has 0 aliphatic heterocycles. The molecule has 1 amide bonds. The molecule has 0 unspecified atom stereocenters. The van der Waals surface area contributed by atoms with Crippen molar-refractivity contribution in [1.82, 2.24) is 4.90 Å². The molecule has 1 aromatic rings. The number of hydrogen-bond acceptors (Lipinski definition) is 4. The number of carbonyl (C=O) groups is 2. The maximum atomic E-state index is 11.9. The van der Waals surface area contributed by atoms with Crippen molar-refractivity contribution in [3.63, 3.8) is 0 Å². The molecular formula is C16H22N2O3. The molecule has 21 heavy (non-hydrogen) atoms. The van der Waals surface area contributed by atoms with Crippen molar-refractivity contribution in [3.8, 4) is 0 Å². The lowest BCUT2D eigenvalue weighted by Gasteiger charge is -2.14. The molecule has 0 bridgehead atoms. The van der Waals surface area contributed by atoms with E-state index in [4.69, 9.17) is 0 Å². The summed E-state index contributed by atoms with van der Waals surface area (Å²) in [4.78, 5) is 26.4. The van der Waals surface area contributed by atoms with Crippen LogP contribution in [0.1, 0.15) is 12.0 Å². The maximum absolute atomic E-state index is 11.9. The number of ether oxygens (including phenoxy) is 1. The van der Waals surface area contributed by atoms with Gasteiger partial charge in [-0.1, -0.05) is 12.1 Å². The van der Waals surface area contributed by atoms with Crippen molar-refractivity contribution in [3.05, 3.63) is 35.9 Å². The van der Waals surface area contributed by atoms with Gasteiger partial charge in [0.05, 0.1) is 13.5 Å². The molecule has 0 spiro atoms. The van der Waals surface area contributed by atoms with Crippen LogP contribution in [0.15, 0.2) is 30.3 Å². The summed E-state index contributed by atoms with van der Waals surface area (Å²) in [6.45, 7) is 0.343. The van der Waals surface area contributed by atoms with Crippen LogP contribution in [0.5, 0.6) is 0 Å². The summed E-state index contributed by atoms with van der Waals surface area (Å²) >= 11 is 0. The van der Waals surface area contributed by atoms with E-state index in [1.807, 2.05) is 43.3 Å². The molecule has 1 aromatic carbocycles. The summed E-state index contributed by atoms with van der Waals surface area (Å²) in [5.41, 5.74) is 2.06. The van der Waals surface area contributed by atoms with Crippen LogP contribution in [-0.4, -0.2) is 51.6 Å². The summed E-state index contributed by atoms with van der Waals surface area (Å²) < 4.78 is 4.54. The zero-order valence-corrected chi connectivity index (χ0v) is 13.0. The third kappa shape index (κ3) is 5.69. The van der Waals surface area contributed by atoms with Gasteiger partial charge in [0.2, 0.25) is 5.91 Å². The lowest BCUT2D eigenvalue weighted by Crippen LogP contribution is -2.27. The van der Waals surface area contributed by atoms with Crippen molar-refractivity contribution in [1.29, 1.82) is 0 Å². The Morgan fingerprint density at radius 1 is 1.14 bits per heavy atom. The molecule has 0 saturated heterocycles. The monoisotopic (exact) mass is 290 g/mol. The Morgan fingerprint density at radius 3 is 2.29 bits per heavy atom. The average Bonchev–Trinajstić information content (AvgIpc) is 2.50. The van der Waals surface area contributed by atoms with Crippen LogP contribution >= 0.6 is 0 Å². The highest BCUT2D eigenvalue weighted by Crippen LogP contribution is 2.13. The quantitative estimate of drug-likeness (QED) is 0.592. The fraction of sp³-hybridized carbons (Fsp3) is 0.375. The van der Waals surface area contributed by atoms with E-state index in [1.165, 1.54) is 18.1 Å². The van der Waals surface area contributed by atoms with E-state index in [0.717, 1.165) is 11.3 Å². The second-order valence-corrected chi connectivity index (χ2v) is 4.91. The summed E-state index contributed by atoms with van der Waals surface area (Å²) in [7, 11) is 6.95. The number of hydrogen-bond donors (Lipinski definition) is 0. The van der Waals surface area contributed by atoms with Crippen molar-refractivity contribution in [2.45, 2.75) is 6.42 Å². The first-order valence-electron chi connectivity index (χ1n) is 6.71. The Bertz CT molecular complexity index is 507. The highest BCUT2D eigenvalue weighted by atomic mass is 16.5. The van der Waals surface area contributed by atoms with E-state index in [-0.39, 0.29) is 18.3 Å². The molecule has 0 heterocycles. The van der Waals surface area contributed by atoms with Crippen LogP contribution in [0.3, 0.4) is 0 Å². The minimum atomic E-state index is -0.321. The Balaban J connectivity index is 2.54. The summed E-state index contributed by atoms with van der Waals surface area (Å²) in [6, 6.07) is 7.89. The zero-order valence-electron chi connectivity index (χ0n) is 13.0. The number of rotatable bonds is 6. The minimum absolute atomic E-state index is 0.143. The average molecular weight is 290 g/mol. The number of carbonyl (C=O) groups excluding carboxylic acids is 2. The Hall–Kier alpha value is -2.30. The molecule has 5 nitrogen and oxygen atoms in total. The third-order valence-corrected chi connectivity index (χ3v) is 3.08. The predicted octanol–water partition coefficient (Wildman–Crippen LogP) is 1.79. The zero-order chi connectivity index (χ0) is 15.8. The van der Waals surface area contributed by atoms with Gasteiger partial charge in [-0.2, -0.15) is 0 Å².